The summed E-state index contributed by atoms with van der Waals surface area (Å²) in [6.07, 6.45) is 5.06. The second-order valence-corrected chi connectivity index (χ2v) is 5.98. The first-order valence-electron chi connectivity index (χ1n) is 8.13. The lowest BCUT2D eigenvalue weighted by Crippen LogP contribution is -2.23. The zero-order chi connectivity index (χ0) is 14.9. The lowest BCUT2D eigenvalue weighted by atomic mass is 10.0. The predicted octanol–water partition coefficient (Wildman–Crippen LogP) is 5.06. The van der Waals surface area contributed by atoms with E-state index in [1.807, 2.05) is 0 Å². The van der Waals surface area contributed by atoms with Crippen molar-refractivity contribution in [1.29, 1.82) is 0 Å². The quantitative estimate of drug-likeness (QED) is 0.667. The summed E-state index contributed by atoms with van der Waals surface area (Å²) < 4.78 is 0. The van der Waals surface area contributed by atoms with Gasteiger partial charge in [0.05, 0.1) is 0 Å². The van der Waals surface area contributed by atoms with E-state index in [0.717, 1.165) is 6.54 Å². The fourth-order valence-corrected chi connectivity index (χ4v) is 2.52. The van der Waals surface area contributed by atoms with Gasteiger partial charge in [-0.15, -0.1) is 0 Å². The highest BCUT2D eigenvalue weighted by atomic mass is 14.9. The van der Waals surface area contributed by atoms with E-state index < -0.39 is 0 Å². The Labute approximate surface area is 129 Å². The van der Waals surface area contributed by atoms with E-state index >= 15 is 0 Å². The first kappa shape index (κ1) is 15.8. The second-order valence-electron chi connectivity index (χ2n) is 5.98. The maximum absolute atomic E-state index is 3.47. The van der Waals surface area contributed by atoms with Gasteiger partial charge in [-0.05, 0) is 42.5 Å². The molecule has 0 aliphatic heterocycles. The van der Waals surface area contributed by atoms with Crippen molar-refractivity contribution in [3.63, 3.8) is 0 Å². The summed E-state index contributed by atoms with van der Waals surface area (Å²) in [5, 5.41) is 3.47. The van der Waals surface area contributed by atoms with Gasteiger partial charge in [0, 0.05) is 6.04 Å². The Balaban J connectivity index is 1.73. The van der Waals surface area contributed by atoms with Crippen molar-refractivity contribution in [2.75, 3.05) is 6.54 Å². The van der Waals surface area contributed by atoms with E-state index in [1.54, 1.807) is 0 Å². The van der Waals surface area contributed by atoms with Crippen molar-refractivity contribution >= 4 is 0 Å². The average Bonchev–Trinajstić information content (AvgIpc) is 2.52. The molecule has 0 atom stereocenters. The summed E-state index contributed by atoms with van der Waals surface area (Å²) in [6, 6.07) is 20.2. The Morgan fingerprint density at radius 3 is 2.10 bits per heavy atom. The zero-order valence-corrected chi connectivity index (χ0v) is 13.3. The van der Waals surface area contributed by atoms with E-state index in [-0.39, 0.29) is 0 Å². The summed E-state index contributed by atoms with van der Waals surface area (Å²) in [5.74, 6) is 0. The number of hydrogen-bond acceptors (Lipinski definition) is 1. The van der Waals surface area contributed by atoms with Gasteiger partial charge < -0.3 is 5.32 Å². The molecule has 2 aromatic carbocycles. The standard InChI is InChI=1S/C20H27N/c1-17(2)21-16-8-4-5-9-18-12-14-20(15-13-18)19-10-6-3-7-11-19/h3,6-7,10-15,17,21H,4-5,8-9,16H2,1-2H3. The summed E-state index contributed by atoms with van der Waals surface area (Å²) >= 11 is 0. The van der Waals surface area contributed by atoms with Crippen LogP contribution in [0.5, 0.6) is 0 Å². The largest absolute Gasteiger partial charge is 0.315 e. The van der Waals surface area contributed by atoms with Crippen LogP contribution in [0.4, 0.5) is 0 Å². The van der Waals surface area contributed by atoms with Crippen molar-refractivity contribution in [3.8, 4) is 11.1 Å². The van der Waals surface area contributed by atoms with E-state index in [1.165, 1.54) is 42.4 Å². The molecule has 2 rings (SSSR count). The minimum Gasteiger partial charge on any atom is -0.315 e. The van der Waals surface area contributed by atoms with Gasteiger partial charge in [-0.1, -0.05) is 74.9 Å². The number of benzene rings is 2. The first-order chi connectivity index (χ1) is 10.3. The van der Waals surface area contributed by atoms with Gasteiger partial charge >= 0.3 is 0 Å². The molecule has 0 aliphatic carbocycles. The van der Waals surface area contributed by atoms with Gasteiger partial charge in [0.2, 0.25) is 0 Å². The van der Waals surface area contributed by atoms with Crippen LogP contribution in [-0.4, -0.2) is 12.6 Å². The Morgan fingerprint density at radius 1 is 0.762 bits per heavy atom. The lowest BCUT2D eigenvalue weighted by molar-refractivity contribution is 0.548. The number of unbranched alkanes of at least 4 members (excludes halogenated alkanes) is 2. The molecule has 0 saturated carbocycles. The number of nitrogens with one attached hydrogen (secondary N) is 1. The highest BCUT2D eigenvalue weighted by Gasteiger charge is 1.98. The molecular weight excluding hydrogens is 254 g/mol. The Bertz CT molecular complexity index is 499. The minimum atomic E-state index is 0.607. The lowest BCUT2D eigenvalue weighted by Gasteiger charge is -2.08. The van der Waals surface area contributed by atoms with Gasteiger partial charge in [-0.2, -0.15) is 0 Å². The third-order valence-electron chi connectivity index (χ3n) is 3.76. The summed E-state index contributed by atoms with van der Waals surface area (Å²) in [7, 11) is 0. The molecule has 0 unspecified atom stereocenters. The predicted molar refractivity (Wildman–Crippen MR) is 92.6 cm³/mol. The molecule has 2 aromatic rings. The first-order valence-corrected chi connectivity index (χ1v) is 8.13. The molecule has 0 radical (unpaired) electrons. The van der Waals surface area contributed by atoms with Crippen LogP contribution in [0.15, 0.2) is 54.6 Å². The number of rotatable bonds is 8. The molecule has 0 aliphatic rings. The molecule has 0 fully saturated rings. The Morgan fingerprint density at radius 2 is 1.43 bits per heavy atom. The van der Waals surface area contributed by atoms with Crippen LogP contribution in [0.3, 0.4) is 0 Å². The van der Waals surface area contributed by atoms with Crippen molar-refractivity contribution in [2.45, 2.75) is 45.6 Å². The Hall–Kier alpha value is -1.60. The SMILES string of the molecule is CC(C)NCCCCCc1ccc(-c2ccccc2)cc1. The van der Waals surface area contributed by atoms with Crippen LogP contribution >= 0.6 is 0 Å². The van der Waals surface area contributed by atoms with Crippen molar-refractivity contribution in [1.82, 2.24) is 5.32 Å². The van der Waals surface area contributed by atoms with Crippen molar-refractivity contribution in [2.24, 2.45) is 0 Å². The molecule has 0 aromatic heterocycles. The maximum Gasteiger partial charge on any atom is 0.00103 e. The zero-order valence-electron chi connectivity index (χ0n) is 13.3. The molecule has 0 amide bonds. The molecule has 0 saturated heterocycles. The smallest absolute Gasteiger partial charge is 0.00103 e. The maximum atomic E-state index is 3.47. The molecule has 0 bridgehead atoms. The van der Waals surface area contributed by atoms with Crippen LogP contribution in [0.25, 0.3) is 11.1 Å². The van der Waals surface area contributed by atoms with Crippen molar-refractivity contribution in [3.05, 3.63) is 60.2 Å². The highest BCUT2D eigenvalue weighted by molar-refractivity contribution is 5.63. The van der Waals surface area contributed by atoms with Crippen LogP contribution in [0.1, 0.15) is 38.7 Å². The van der Waals surface area contributed by atoms with Gasteiger partial charge in [0.1, 0.15) is 0 Å². The fourth-order valence-electron chi connectivity index (χ4n) is 2.52. The third-order valence-corrected chi connectivity index (χ3v) is 3.76. The van der Waals surface area contributed by atoms with Gasteiger partial charge in [-0.25, -0.2) is 0 Å². The molecule has 21 heavy (non-hydrogen) atoms. The molecule has 1 heteroatoms. The normalized spacial score (nSPS) is 11.0. The molecule has 0 spiro atoms. The summed E-state index contributed by atoms with van der Waals surface area (Å²) in [6.45, 7) is 5.55. The van der Waals surface area contributed by atoms with E-state index in [2.05, 4.69) is 73.8 Å². The molecular formula is C20H27N. The van der Waals surface area contributed by atoms with Gasteiger partial charge in [-0.3, -0.25) is 0 Å². The van der Waals surface area contributed by atoms with Crippen molar-refractivity contribution < 1.29 is 0 Å². The van der Waals surface area contributed by atoms with Gasteiger partial charge in [0.15, 0.2) is 0 Å². The van der Waals surface area contributed by atoms with Crippen LogP contribution in [-0.2, 0) is 6.42 Å². The molecule has 1 nitrogen and oxygen atoms in total. The topological polar surface area (TPSA) is 12.0 Å². The molecule has 1 N–H and O–H groups in total. The van der Waals surface area contributed by atoms with Crippen LogP contribution in [0, 0.1) is 0 Å². The monoisotopic (exact) mass is 281 g/mol. The van der Waals surface area contributed by atoms with E-state index in [0.29, 0.717) is 6.04 Å². The Kier molecular flexibility index (Phi) is 6.49. The van der Waals surface area contributed by atoms with E-state index in [9.17, 15) is 0 Å². The number of aryl methyl sites for hydroxylation is 1. The van der Waals surface area contributed by atoms with E-state index in [4.69, 9.17) is 0 Å². The van der Waals surface area contributed by atoms with Crippen LogP contribution < -0.4 is 5.32 Å². The van der Waals surface area contributed by atoms with Crippen LogP contribution in [0.2, 0.25) is 0 Å². The third kappa shape index (κ3) is 5.73. The highest BCUT2D eigenvalue weighted by Crippen LogP contribution is 2.19. The summed E-state index contributed by atoms with van der Waals surface area (Å²) in [5.41, 5.74) is 4.05. The second kappa shape index (κ2) is 8.63. The number of hydrogen-bond donors (Lipinski definition) is 1. The minimum absolute atomic E-state index is 0.607. The summed E-state index contributed by atoms with van der Waals surface area (Å²) in [4.78, 5) is 0. The fraction of sp³-hybridized carbons (Fsp3) is 0.400. The average molecular weight is 281 g/mol. The molecule has 112 valence electrons. The molecule has 0 heterocycles. The van der Waals surface area contributed by atoms with Gasteiger partial charge in [0.25, 0.3) is 0 Å².